The van der Waals surface area contributed by atoms with Gasteiger partial charge in [-0.3, -0.25) is 9.59 Å². The molecule has 4 rings (SSSR count). The molecule has 3 heterocycles. The van der Waals surface area contributed by atoms with Gasteiger partial charge in [-0.15, -0.1) is 0 Å². The van der Waals surface area contributed by atoms with Crippen LogP contribution in [-0.2, 0) is 9.53 Å². The highest BCUT2D eigenvalue weighted by Gasteiger charge is 2.30. The molecule has 0 bridgehead atoms. The number of amides is 1. The van der Waals surface area contributed by atoms with Crippen molar-refractivity contribution in [3.63, 3.8) is 0 Å². The molecule has 2 aliphatic heterocycles. The van der Waals surface area contributed by atoms with E-state index in [4.69, 9.17) is 16.3 Å². The molecule has 2 fully saturated rings. The molecule has 2 aromatic rings. The Kier molecular flexibility index (Phi) is 5.13. The minimum Gasteiger partial charge on any atom is -0.381 e. The zero-order chi connectivity index (χ0) is 18.8. The van der Waals surface area contributed by atoms with Crippen LogP contribution >= 0.6 is 11.6 Å². The molecule has 0 radical (unpaired) electrons. The standard InChI is InChI=1S/C19H21ClN4O3/c20-17-16(12-21-24(19(17)26)15-4-2-1-3-5-15)22-7-9-23(10-8-22)18(25)14-6-11-27-13-14/h1-5,12,14H,6-11,13H2. The van der Waals surface area contributed by atoms with Crippen molar-refractivity contribution < 1.29 is 9.53 Å². The monoisotopic (exact) mass is 388 g/mol. The fraction of sp³-hybridized carbons (Fsp3) is 0.421. The molecule has 27 heavy (non-hydrogen) atoms. The highest BCUT2D eigenvalue weighted by Crippen LogP contribution is 2.24. The maximum atomic E-state index is 12.6. The Bertz CT molecular complexity index is 872. The lowest BCUT2D eigenvalue weighted by Crippen LogP contribution is -2.51. The SMILES string of the molecule is O=C(C1CCOC1)N1CCN(c2cnn(-c3ccccc3)c(=O)c2Cl)CC1. The second kappa shape index (κ2) is 7.70. The smallest absolute Gasteiger partial charge is 0.292 e. The largest absolute Gasteiger partial charge is 0.381 e. The quantitative estimate of drug-likeness (QED) is 0.798. The molecule has 1 unspecified atom stereocenters. The van der Waals surface area contributed by atoms with E-state index in [0.717, 1.165) is 6.42 Å². The van der Waals surface area contributed by atoms with Crippen molar-refractivity contribution in [1.82, 2.24) is 14.7 Å². The molecular formula is C19H21ClN4O3. The van der Waals surface area contributed by atoms with E-state index in [1.54, 1.807) is 6.20 Å². The number of carbonyl (C=O) groups excluding carboxylic acids is 1. The number of halogens is 1. The van der Waals surface area contributed by atoms with Gasteiger partial charge in [0, 0.05) is 32.8 Å². The molecule has 0 aliphatic carbocycles. The molecule has 0 spiro atoms. The number of benzene rings is 1. The Hall–Kier alpha value is -2.38. The van der Waals surface area contributed by atoms with E-state index in [0.29, 0.717) is 50.8 Å². The minimum atomic E-state index is -0.345. The average Bonchev–Trinajstić information content (AvgIpc) is 3.25. The van der Waals surface area contributed by atoms with Crippen molar-refractivity contribution in [2.24, 2.45) is 5.92 Å². The van der Waals surface area contributed by atoms with Crippen LogP contribution in [-0.4, -0.2) is 60.0 Å². The number of rotatable bonds is 3. The Morgan fingerprint density at radius 1 is 1.15 bits per heavy atom. The van der Waals surface area contributed by atoms with E-state index in [9.17, 15) is 9.59 Å². The van der Waals surface area contributed by atoms with Crippen LogP contribution in [0.2, 0.25) is 5.02 Å². The lowest BCUT2D eigenvalue weighted by Gasteiger charge is -2.37. The molecule has 2 aliphatic rings. The third-order valence-corrected chi connectivity index (χ3v) is 5.47. The number of para-hydroxylation sites is 1. The summed E-state index contributed by atoms with van der Waals surface area (Å²) in [5.41, 5.74) is 0.942. The maximum Gasteiger partial charge on any atom is 0.292 e. The van der Waals surface area contributed by atoms with Gasteiger partial charge in [0.15, 0.2) is 0 Å². The van der Waals surface area contributed by atoms with E-state index in [-0.39, 0.29) is 22.4 Å². The molecule has 142 valence electrons. The summed E-state index contributed by atoms with van der Waals surface area (Å²) in [6.45, 7) is 3.63. The van der Waals surface area contributed by atoms with Gasteiger partial charge in [-0.2, -0.15) is 9.78 Å². The topological polar surface area (TPSA) is 67.7 Å². The van der Waals surface area contributed by atoms with Crippen LogP contribution in [0.3, 0.4) is 0 Å². The van der Waals surface area contributed by atoms with E-state index in [1.807, 2.05) is 40.1 Å². The fourth-order valence-corrected chi connectivity index (χ4v) is 3.80. The van der Waals surface area contributed by atoms with Crippen molar-refractivity contribution in [1.29, 1.82) is 0 Å². The Balaban J connectivity index is 1.48. The molecule has 8 heteroatoms. The third kappa shape index (κ3) is 3.57. The van der Waals surface area contributed by atoms with Gasteiger partial charge in [-0.05, 0) is 18.6 Å². The molecule has 7 nitrogen and oxygen atoms in total. The molecule has 0 saturated carbocycles. The van der Waals surface area contributed by atoms with Crippen molar-refractivity contribution in [3.8, 4) is 5.69 Å². The number of ether oxygens (including phenoxy) is 1. The van der Waals surface area contributed by atoms with Gasteiger partial charge in [0.05, 0.1) is 30.1 Å². The zero-order valence-corrected chi connectivity index (χ0v) is 15.6. The Morgan fingerprint density at radius 3 is 2.56 bits per heavy atom. The second-order valence-electron chi connectivity index (χ2n) is 6.77. The van der Waals surface area contributed by atoms with Crippen LogP contribution in [0.4, 0.5) is 5.69 Å². The maximum absolute atomic E-state index is 12.6. The van der Waals surface area contributed by atoms with Gasteiger partial charge in [0.25, 0.3) is 5.56 Å². The molecule has 1 aromatic heterocycles. The first kappa shape index (κ1) is 18.0. The van der Waals surface area contributed by atoms with Gasteiger partial charge >= 0.3 is 0 Å². The summed E-state index contributed by atoms with van der Waals surface area (Å²) in [5.74, 6) is 0.146. The van der Waals surface area contributed by atoms with Crippen LogP contribution in [0.1, 0.15) is 6.42 Å². The first-order valence-corrected chi connectivity index (χ1v) is 9.47. The molecule has 1 amide bonds. The van der Waals surface area contributed by atoms with E-state index < -0.39 is 0 Å². The predicted octanol–water partition coefficient (Wildman–Crippen LogP) is 1.57. The highest BCUT2D eigenvalue weighted by molar-refractivity contribution is 6.33. The van der Waals surface area contributed by atoms with Crippen LogP contribution in [0.5, 0.6) is 0 Å². The Morgan fingerprint density at radius 2 is 1.89 bits per heavy atom. The summed E-state index contributed by atoms with van der Waals surface area (Å²) in [4.78, 5) is 29.0. The summed E-state index contributed by atoms with van der Waals surface area (Å²) >= 11 is 6.37. The van der Waals surface area contributed by atoms with Crippen molar-refractivity contribution in [2.75, 3.05) is 44.3 Å². The highest BCUT2D eigenvalue weighted by atomic mass is 35.5. The van der Waals surface area contributed by atoms with Crippen molar-refractivity contribution in [3.05, 3.63) is 51.9 Å². The van der Waals surface area contributed by atoms with Crippen LogP contribution < -0.4 is 10.5 Å². The zero-order valence-electron chi connectivity index (χ0n) is 14.9. The van der Waals surface area contributed by atoms with Crippen molar-refractivity contribution in [2.45, 2.75) is 6.42 Å². The van der Waals surface area contributed by atoms with Gasteiger partial charge in [0.2, 0.25) is 5.91 Å². The second-order valence-corrected chi connectivity index (χ2v) is 7.15. The number of aromatic nitrogens is 2. The first-order chi connectivity index (χ1) is 13.1. The number of carbonyl (C=O) groups is 1. The molecular weight excluding hydrogens is 368 g/mol. The number of hydrogen-bond acceptors (Lipinski definition) is 5. The first-order valence-electron chi connectivity index (χ1n) is 9.10. The van der Waals surface area contributed by atoms with Gasteiger partial charge in [-0.25, -0.2) is 0 Å². The Labute approximate surface area is 162 Å². The van der Waals surface area contributed by atoms with Gasteiger partial charge in [-0.1, -0.05) is 29.8 Å². The van der Waals surface area contributed by atoms with Gasteiger partial charge in [0.1, 0.15) is 5.02 Å². The normalized spacial score (nSPS) is 20.1. The summed E-state index contributed by atoms with van der Waals surface area (Å²) in [7, 11) is 0. The summed E-state index contributed by atoms with van der Waals surface area (Å²) in [6.07, 6.45) is 2.42. The summed E-state index contributed by atoms with van der Waals surface area (Å²) in [6, 6.07) is 9.18. The van der Waals surface area contributed by atoms with E-state index in [1.165, 1.54) is 4.68 Å². The van der Waals surface area contributed by atoms with E-state index >= 15 is 0 Å². The number of anilines is 1. The van der Waals surface area contributed by atoms with Crippen LogP contribution in [0, 0.1) is 5.92 Å². The van der Waals surface area contributed by atoms with Gasteiger partial charge < -0.3 is 14.5 Å². The number of nitrogens with zero attached hydrogens (tertiary/aromatic N) is 4. The summed E-state index contributed by atoms with van der Waals surface area (Å²) in [5, 5.41) is 4.43. The number of hydrogen-bond donors (Lipinski definition) is 0. The minimum absolute atomic E-state index is 0.0170. The van der Waals surface area contributed by atoms with Crippen molar-refractivity contribution >= 4 is 23.2 Å². The molecule has 0 N–H and O–H groups in total. The predicted molar refractivity (Wildman–Crippen MR) is 103 cm³/mol. The van der Waals surface area contributed by atoms with Crippen LogP contribution in [0.15, 0.2) is 41.3 Å². The lowest BCUT2D eigenvalue weighted by atomic mass is 10.1. The average molecular weight is 389 g/mol. The number of piperazine rings is 1. The molecule has 1 atom stereocenters. The summed E-state index contributed by atoms with van der Waals surface area (Å²) < 4.78 is 6.61. The lowest BCUT2D eigenvalue weighted by molar-refractivity contribution is -0.135. The van der Waals surface area contributed by atoms with Crippen LogP contribution in [0.25, 0.3) is 5.69 Å². The van der Waals surface area contributed by atoms with E-state index in [2.05, 4.69) is 5.10 Å². The molecule has 2 saturated heterocycles. The third-order valence-electron chi connectivity index (χ3n) is 5.11. The fourth-order valence-electron chi connectivity index (χ4n) is 3.55. The molecule has 1 aromatic carbocycles.